The number of nitrogens with one attached hydrogen (secondary N) is 1. The van der Waals surface area contributed by atoms with E-state index < -0.39 is 17.8 Å². The lowest BCUT2D eigenvalue weighted by atomic mass is 9.86. The minimum Gasteiger partial charge on any atom is -0.353 e. The number of hydroxylamine groups is 2. The van der Waals surface area contributed by atoms with E-state index >= 15 is 0 Å². The molecule has 0 unspecified atom stereocenters. The molecule has 3 amide bonds. The molecule has 2 rings (SSSR count). The monoisotopic (exact) mass is 492 g/mol. The summed E-state index contributed by atoms with van der Waals surface area (Å²) in [6.45, 7) is 2.26. The highest BCUT2D eigenvalue weighted by Crippen LogP contribution is 2.27. The largest absolute Gasteiger partial charge is 0.353 e. The first-order valence-corrected chi connectivity index (χ1v) is 14.4. The molecule has 1 aliphatic carbocycles. The molecule has 0 aromatic carbocycles. The lowest BCUT2D eigenvalue weighted by Gasteiger charge is -2.28. The van der Waals surface area contributed by atoms with E-state index in [4.69, 9.17) is 4.84 Å². The molecule has 1 N–H and O–H groups in total. The van der Waals surface area contributed by atoms with Crippen LogP contribution in [0.1, 0.15) is 142 Å². The van der Waals surface area contributed by atoms with E-state index in [1.54, 1.807) is 0 Å². The lowest BCUT2D eigenvalue weighted by molar-refractivity contribution is -0.201. The van der Waals surface area contributed by atoms with Crippen molar-refractivity contribution in [2.24, 2.45) is 5.92 Å². The Kier molecular flexibility index (Phi) is 14.7. The number of amides is 3. The average molecular weight is 493 g/mol. The molecule has 7 nitrogen and oxygen atoms in total. The topological polar surface area (TPSA) is 92.8 Å². The van der Waals surface area contributed by atoms with Gasteiger partial charge in [-0.1, -0.05) is 90.4 Å². The first-order chi connectivity index (χ1) is 17.0. The molecule has 0 bridgehead atoms. The van der Waals surface area contributed by atoms with Gasteiger partial charge in [0, 0.05) is 25.3 Å². The third-order valence-corrected chi connectivity index (χ3v) is 7.37. The maximum absolute atomic E-state index is 12.3. The molecule has 1 heterocycles. The molecule has 1 saturated heterocycles. The van der Waals surface area contributed by atoms with Gasteiger partial charge in [0.05, 0.1) is 5.92 Å². The van der Waals surface area contributed by atoms with E-state index in [-0.39, 0.29) is 30.7 Å². The molecule has 200 valence electrons. The van der Waals surface area contributed by atoms with Gasteiger partial charge in [-0.2, -0.15) is 0 Å². The second-order valence-corrected chi connectivity index (χ2v) is 10.5. The number of carbonyl (C=O) groups excluding carboxylic acids is 4. The van der Waals surface area contributed by atoms with E-state index in [0.717, 1.165) is 12.8 Å². The van der Waals surface area contributed by atoms with Crippen LogP contribution in [-0.2, 0) is 24.0 Å². The van der Waals surface area contributed by atoms with Crippen molar-refractivity contribution in [2.75, 3.05) is 0 Å². The third-order valence-electron chi connectivity index (χ3n) is 7.37. The molecule has 0 aromatic heterocycles. The first-order valence-electron chi connectivity index (χ1n) is 14.4. The summed E-state index contributed by atoms with van der Waals surface area (Å²) >= 11 is 0. The van der Waals surface area contributed by atoms with Gasteiger partial charge in [-0.05, 0) is 32.1 Å². The summed E-state index contributed by atoms with van der Waals surface area (Å²) in [5.41, 5.74) is 0. The van der Waals surface area contributed by atoms with Crippen molar-refractivity contribution in [2.45, 2.75) is 148 Å². The van der Waals surface area contributed by atoms with Gasteiger partial charge in [0.2, 0.25) is 5.91 Å². The number of unbranched alkanes of at least 4 members (excludes halogenated alkanes) is 13. The van der Waals surface area contributed by atoms with Crippen molar-refractivity contribution in [1.82, 2.24) is 10.4 Å². The summed E-state index contributed by atoms with van der Waals surface area (Å²) < 4.78 is 0. The molecule has 0 spiro atoms. The zero-order chi connectivity index (χ0) is 25.3. The number of imide groups is 1. The van der Waals surface area contributed by atoms with Crippen molar-refractivity contribution < 1.29 is 24.0 Å². The van der Waals surface area contributed by atoms with E-state index in [1.807, 2.05) is 0 Å². The fourth-order valence-corrected chi connectivity index (χ4v) is 5.08. The van der Waals surface area contributed by atoms with Crippen molar-refractivity contribution in [3.05, 3.63) is 0 Å². The maximum atomic E-state index is 12.3. The van der Waals surface area contributed by atoms with Gasteiger partial charge in [0.1, 0.15) is 0 Å². The van der Waals surface area contributed by atoms with E-state index in [2.05, 4.69) is 12.2 Å². The zero-order valence-corrected chi connectivity index (χ0v) is 22.0. The van der Waals surface area contributed by atoms with Gasteiger partial charge in [-0.25, -0.2) is 4.79 Å². The van der Waals surface area contributed by atoms with Crippen molar-refractivity contribution in [3.8, 4) is 0 Å². The predicted molar refractivity (Wildman–Crippen MR) is 136 cm³/mol. The van der Waals surface area contributed by atoms with E-state index in [0.29, 0.717) is 37.2 Å². The van der Waals surface area contributed by atoms with Gasteiger partial charge in [-0.3, -0.25) is 14.4 Å². The molecule has 0 atom stereocenters. The molecule has 7 heteroatoms. The second kappa shape index (κ2) is 17.5. The Hall–Kier alpha value is -1.92. The highest BCUT2D eigenvalue weighted by Gasteiger charge is 2.36. The van der Waals surface area contributed by atoms with Crippen LogP contribution >= 0.6 is 0 Å². The van der Waals surface area contributed by atoms with Gasteiger partial charge in [0.25, 0.3) is 11.8 Å². The fourth-order valence-electron chi connectivity index (χ4n) is 5.08. The summed E-state index contributed by atoms with van der Waals surface area (Å²) in [4.78, 5) is 52.8. The van der Waals surface area contributed by atoms with Crippen LogP contribution in [0.25, 0.3) is 0 Å². The SMILES string of the molecule is CCCCCCCCCCCCCCCCC(=O)NC1CCC(C(=O)ON2C(=O)CCC2=O)CC1. The number of hydrogen-bond donors (Lipinski definition) is 1. The average Bonchev–Trinajstić information content (AvgIpc) is 3.16. The predicted octanol–water partition coefficient (Wildman–Crippen LogP) is 6.14. The van der Waals surface area contributed by atoms with E-state index in [9.17, 15) is 19.2 Å². The molecule has 2 fully saturated rings. The standard InChI is InChI=1S/C28H48N2O5/c1-2-3-4-5-6-7-8-9-10-11-12-13-14-15-16-25(31)29-24-19-17-23(18-20-24)28(34)35-30-26(32)21-22-27(30)33/h23-24H,2-22H2,1H3,(H,29,31). The molecule has 1 aliphatic heterocycles. The summed E-state index contributed by atoms with van der Waals surface area (Å²) in [5.74, 6) is -1.64. The van der Waals surface area contributed by atoms with Gasteiger partial charge in [0.15, 0.2) is 0 Å². The van der Waals surface area contributed by atoms with E-state index in [1.165, 1.54) is 77.0 Å². The Morgan fingerprint density at radius 2 is 1.20 bits per heavy atom. The Bertz CT molecular complexity index is 642. The van der Waals surface area contributed by atoms with Crippen molar-refractivity contribution >= 4 is 23.7 Å². The summed E-state index contributed by atoms with van der Waals surface area (Å²) in [6, 6.07) is 0.0910. The first kappa shape index (κ1) is 29.3. The minimum absolute atomic E-state index is 0.0910. The number of rotatable bonds is 18. The lowest BCUT2D eigenvalue weighted by Crippen LogP contribution is -2.40. The number of nitrogens with zero attached hydrogens (tertiary/aromatic N) is 1. The van der Waals surface area contributed by atoms with Crippen LogP contribution < -0.4 is 5.32 Å². The zero-order valence-electron chi connectivity index (χ0n) is 22.0. The highest BCUT2D eigenvalue weighted by atomic mass is 16.7. The summed E-state index contributed by atoms with van der Waals surface area (Å²) in [7, 11) is 0. The van der Waals surface area contributed by atoms with Crippen LogP contribution in [0.5, 0.6) is 0 Å². The molecule has 0 radical (unpaired) electrons. The molecular formula is C28H48N2O5. The smallest absolute Gasteiger partial charge is 0.336 e. The molecular weight excluding hydrogens is 444 g/mol. The Morgan fingerprint density at radius 1 is 0.743 bits per heavy atom. The Balaban J connectivity index is 1.41. The maximum Gasteiger partial charge on any atom is 0.336 e. The normalized spacial score (nSPS) is 20.3. The Labute approximate surface area is 212 Å². The molecule has 0 aromatic rings. The molecule has 35 heavy (non-hydrogen) atoms. The van der Waals surface area contributed by atoms with Crippen LogP contribution in [0.3, 0.4) is 0 Å². The van der Waals surface area contributed by atoms with Gasteiger partial charge < -0.3 is 10.2 Å². The minimum atomic E-state index is -0.513. The second-order valence-electron chi connectivity index (χ2n) is 10.5. The number of hydrogen-bond acceptors (Lipinski definition) is 5. The molecule has 1 saturated carbocycles. The summed E-state index contributed by atoms with van der Waals surface area (Å²) in [6.07, 6.45) is 21.6. The van der Waals surface area contributed by atoms with Crippen LogP contribution in [0, 0.1) is 5.92 Å². The molecule has 2 aliphatic rings. The Morgan fingerprint density at radius 3 is 1.69 bits per heavy atom. The van der Waals surface area contributed by atoms with Crippen molar-refractivity contribution in [1.29, 1.82) is 0 Å². The van der Waals surface area contributed by atoms with Crippen molar-refractivity contribution in [3.63, 3.8) is 0 Å². The van der Waals surface area contributed by atoms with Gasteiger partial charge >= 0.3 is 5.97 Å². The van der Waals surface area contributed by atoms with Crippen LogP contribution in [0.15, 0.2) is 0 Å². The van der Waals surface area contributed by atoms with Crippen LogP contribution in [0.4, 0.5) is 0 Å². The quantitative estimate of drug-likeness (QED) is 0.183. The van der Waals surface area contributed by atoms with Crippen LogP contribution in [0.2, 0.25) is 0 Å². The summed E-state index contributed by atoms with van der Waals surface area (Å²) in [5, 5.41) is 3.72. The van der Waals surface area contributed by atoms with Gasteiger partial charge in [-0.15, -0.1) is 5.06 Å². The highest BCUT2D eigenvalue weighted by molar-refractivity contribution is 6.01. The fraction of sp³-hybridized carbons (Fsp3) is 0.857. The van der Waals surface area contributed by atoms with Crippen LogP contribution in [-0.4, -0.2) is 34.8 Å². The third kappa shape index (κ3) is 12.0. The number of carbonyl (C=O) groups is 4.